The second-order valence-electron chi connectivity index (χ2n) is 5.63. The zero-order valence-corrected chi connectivity index (χ0v) is 13.4. The maximum atomic E-state index is 11.9. The van der Waals surface area contributed by atoms with Gasteiger partial charge in [-0.05, 0) is 43.9 Å². The number of benzene rings is 1. The lowest BCUT2D eigenvalue weighted by Gasteiger charge is -2.23. The number of rotatable bonds is 6. The van der Waals surface area contributed by atoms with Gasteiger partial charge in [0.2, 0.25) is 5.91 Å². The van der Waals surface area contributed by atoms with Gasteiger partial charge in [0.25, 0.3) is 5.91 Å². The van der Waals surface area contributed by atoms with E-state index in [0.717, 1.165) is 24.8 Å². The molecule has 1 atom stereocenters. The smallest absolute Gasteiger partial charge is 0.265 e. The highest BCUT2D eigenvalue weighted by Gasteiger charge is 2.23. The Bertz CT molecular complexity index is 553. The minimum Gasteiger partial charge on any atom is -0.479 e. The van der Waals surface area contributed by atoms with Crippen LogP contribution in [0, 0.1) is 5.92 Å². The molecule has 0 bridgehead atoms. The van der Waals surface area contributed by atoms with E-state index in [1.165, 1.54) is 0 Å². The first kappa shape index (κ1) is 16.3. The van der Waals surface area contributed by atoms with Crippen LogP contribution in [0.2, 0.25) is 0 Å². The number of amides is 2. The summed E-state index contributed by atoms with van der Waals surface area (Å²) < 4.78 is 5.52. The molecule has 0 saturated carbocycles. The molecular formula is C17H24N2O3. The number of hydrogen-bond donors (Lipinski definition) is 2. The van der Waals surface area contributed by atoms with Crippen LogP contribution in [0.5, 0.6) is 5.75 Å². The standard InChI is InChI=1S/C17H24N2O3/c1-4-13(5-2)17(21)18-9-8-12-6-7-15-14(10-12)19-16(20)11(3)22-15/h6-7,10-11,13H,4-5,8-9H2,1-3H3,(H,18,21)(H,19,20). The third kappa shape index (κ3) is 3.78. The molecule has 1 aromatic rings. The van der Waals surface area contributed by atoms with Gasteiger partial charge in [0.05, 0.1) is 5.69 Å². The van der Waals surface area contributed by atoms with Gasteiger partial charge in [-0.2, -0.15) is 0 Å². The van der Waals surface area contributed by atoms with E-state index in [9.17, 15) is 9.59 Å². The third-order valence-corrected chi connectivity index (χ3v) is 4.04. The van der Waals surface area contributed by atoms with Crippen LogP contribution < -0.4 is 15.4 Å². The van der Waals surface area contributed by atoms with E-state index in [4.69, 9.17) is 4.74 Å². The zero-order valence-electron chi connectivity index (χ0n) is 13.4. The van der Waals surface area contributed by atoms with E-state index >= 15 is 0 Å². The van der Waals surface area contributed by atoms with E-state index in [2.05, 4.69) is 10.6 Å². The van der Waals surface area contributed by atoms with Gasteiger partial charge in [-0.15, -0.1) is 0 Å². The normalized spacial score (nSPS) is 16.7. The lowest BCUT2D eigenvalue weighted by molar-refractivity contribution is -0.125. The van der Waals surface area contributed by atoms with Crippen molar-refractivity contribution in [2.24, 2.45) is 5.92 Å². The van der Waals surface area contributed by atoms with Crippen molar-refractivity contribution in [1.82, 2.24) is 5.32 Å². The van der Waals surface area contributed by atoms with Crippen molar-refractivity contribution in [1.29, 1.82) is 0 Å². The second kappa shape index (κ2) is 7.29. The van der Waals surface area contributed by atoms with Crippen LogP contribution in [-0.4, -0.2) is 24.5 Å². The first-order chi connectivity index (χ1) is 10.5. The minimum absolute atomic E-state index is 0.0951. The Labute approximate surface area is 131 Å². The van der Waals surface area contributed by atoms with Crippen LogP contribution in [0.25, 0.3) is 0 Å². The number of carbonyl (C=O) groups excluding carboxylic acids is 2. The molecule has 2 N–H and O–H groups in total. The molecule has 5 heteroatoms. The van der Waals surface area contributed by atoms with E-state index < -0.39 is 6.10 Å². The van der Waals surface area contributed by atoms with Crippen LogP contribution in [0.1, 0.15) is 39.2 Å². The number of hydrogen-bond acceptors (Lipinski definition) is 3. The minimum atomic E-state index is -0.461. The average Bonchev–Trinajstić information content (AvgIpc) is 2.50. The largest absolute Gasteiger partial charge is 0.479 e. The van der Waals surface area contributed by atoms with Crippen LogP contribution in [0.4, 0.5) is 5.69 Å². The van der Waals surface area contributed by atoms with Gasteiger partial charge in [0.15, 0.2) is 6.10 Å². The fourth-order valence-electron chi connectivity index (χ4n) is 2.55. The van der Waals surface area contributed by atoms with Crippen molar-refractivity contribution in [3.8, 4) is 5.75 Å². The fraction of sp³-hybridized carbons (Fsp3) is 0.529. The van der Waals surface area contributed by atoms with E-state index in [1.807, 2.05) is 32.0 Å². The number of ether oxygens (including phenoxy) is 1. The summed E-state index contributed by atoms with van der Waals surface area (Å²) >= 11 is 0. The molecule has 0 saturated heterocycles. The van der Waals surface area contributed by atoms with E-state index in [0.29, 0.717) is 18.0 Å². The first-order valence-corrected chi connectivity index (χ1v) is 7.93. The summed E-state index contributed by atoms with van der Waals surface area (Å²) in [4.78, 5) is 23.5. The molecule has 5 nitrogen and oxygen atoms in total. The van der Waals surface area contributed by atoms with Crippen molar-refractivity contribution in [2.75, 3.05) is 11.9 Å². The van der Waals surface area contributed by atoms with Gasteiger partial charge >= 0.3 is 0 Å². The highest BCUT2D eigenvalue weighted by molar-refractivity contribution is 5.97. The molecule has 0 aromatic heterocycles. The van der Waals surface area contributed by atoms with E-state index in [1.54, 1.807) is 6.92 Å². The predicted octanol–water partition coefficient (Wildman–Crippen LogP) is 2.50. The zero-order chi connectivity index (χ0) is 16.1. The van der Waals surface area contributed by atoms with Crippen molar-refractivity contribution in [3.63, 3.8) is 0 Å². The van der Waals surface area contributed by atoms with Crippen molar-refractivity contribution < 1.29 is 14.3 Å². The molecule has 1 aliphatic heterocycles. The van der Waals surface area contributed by atoms with Gasteiger partial charge < -0.3 is 15.4 Å². The molecule has 2 amide bonds. The lowest BCUT2D eigenvalue weighted by atomic mass is 10.0. The Morgan fingerprint density at radius 2 is 2.09 bits per heavy atom. The number of nitrogens with one attached hydrogen (secondary N) is 2. The predicted molar refractivity (Wildman–Crippen MR) is 85.9 cm³/mol. The summed E-state index contributed by atoms with van der Waals surface area (Å²) in [5, 5.41) is 5.81. The Kier molecular flexibility index (Phi) is 5.41. The Hall–Kier alpha value is -2.04. The molecule has 0 aliphatic carbocycles. The fourth-order valence-corrected chi connectivity index (χ4v) is 2.55. The van der Waals surface area contributed by atoms with E-state index in [-0.39, 0.29) is 17.7 Å². The molecule has 0 spiro atoms. The first-order valence-electron chi connectivity index (χ1n) is 7.93. The number of fused-ring (bicyclic) bond motifs is 1. The molecule has 22 heavy (non-hydrogen) atoms. The van der Waals surface area contributed by atoms with Crippen LogP contribution >= 0.6 is 0 Å². The molecule has 120 valence electrons. The maximum Gasteiger partial charge on any atom is 0.265 e. The summed E-state index contributed by atoms with van der Waals surface area (Å²) in [6, 6.07) is 5.73. The average molecular weight is 304 g/mol. The highest BCUT2D eigenvalue weighted by Crippen LogP contribution is 2.30. The highest BCUT2D eigenvalue weighted by atomic mass is 16.5. The molecule has 1 unspecified atom stereocenters. The van der Waals surface area contributed by atoms with Crippen molar-refractivity contribution in [3.05, 3.63) is 23.8 Å². The van der Waals surface area contributed by atoms with Crippen LogP contribution in [-0.2, 0) is 16.0 Å². The second-order valence-corrected chi connectivity index (χ2v) is 5.63. The van der Waals surface area contributed by atoms with Crippen molar-refractivity contribution in [2.45, 2.75) is 46.1 Å². The van der Waals surface area contributed by atoms with Gasteiger partial charge in [0, 0.05) is 12.5 Å². The molecular weight excluding hydrogens is 280 g/mol. The quantitative estimate of drug-likeness (QED) is 0.848. The maximum absolute atomic E-state index is 11.9. The van der Waals surface area contributed by atoms with Gasteiger partial charge in [0.1, 0.15) is 5.75 Å². The summed E-state index contributed by atoms with van der Waals surface area (Å²) in [6.45, 7) is 6.38. The lowest BCUT2D eigenvalue weighted by Crippen LogP contribution is -2.34. The summed E-state index contributed by atoms with van der Waals surface area (Å²) in [6.07, 6.45) is 1.99. The number of carbonyl (C=O) groups is 2. The summed E-state index contributed by atoms with van der Waals surface area (Å²) in [7, 11) is 0. The molecule has 0 fully saturated rings. The Morgan fingerprint density at radius 1 is 1.36 bits per heavy atom. The Balaban J connectivity index is 1.91. The van der Waals surface area contributed by atoms with Crippen molar-refractivity contribution >= 4 is 17.5 Å². The third-order valence-electron chi connectivity index (χ3n) is 4.04. The van der Waals surface area contributed by atoms with Crippen LogP contribution in [0.3, 0.4) is 0 Å². The number of anilines is 1. The van der Waals surface area contributed by atoms with Gasteiger partial charge in [-0.25, -0.2) is 0 Å². The Morgan fingerprint density at radius 3 is 2.77 bits per heavy atom. The van der Waals surface area contributed by atoms with Crippen LogP contribution in [0.15, 0.2) is 18.2 Å². The molecule has 0 radical (unpaired) electrons. The monoisotopic (exact) mass is 304 g/mol. The molecule has 1 heterocycles. The van der Waals surface area contributed by atoms with Gasteiger partial charge in [-0.3, -0.25) is 9.59 Å². The van der Waals surface area contributed by atoms with Gasteiger partial charge in [-0.1, -0.05) is 19.9 Å². The molecule has 1 aromatic carbocycles. The molecule has 1 aliphatic rings. The summed E-state index contributed by atoms with van der Waals surface area (Å²) in [5.41, 5.74) is 1.76. The molecule has 2 rings (SSSR count). The summed E-state index contributed by atoms with van der Waals surface area (Å²) in [5.74, 6) is 0.773. The topological polar surface area (TPSA) is 67.4 Å². The SMILES string of the molecule is CCC(CC)C(=O)NCCc1ccc2c(c1)NC(=O)C(C)O2.